The zero-order valence-electron chi connectivity index (χ0n) is 7.58. The first-order chi connectivity index (χ1) is 6.86. The topological polar surface area (TPSA) is 36.0 Å². The molecule has 1 aromatic carbocycles. The van der Waals surface area contributed by atoms with E-state index in [4.69, 9.17) is 4.74 Å². The van der Waals surface area contributed by atoms with E-state index in [1.165, 1.54) is 0 Å². The van der Waals surface area contributed by atoms with E-state index in [1.807, 2.05) is 41.3 Å². The Morgan fingerprint density at radius 1 is 1.14 bits per heavy atom. The lowest BCUT2D eigenvalue weighted by molar-refractivity contribution is 0.199. The molecule has 1 aromatic rings. The molecule has 0 aromatic heterocycles. The van der Waals surface area contributed by atoms with Gasteiger partial charge in [0.15, 0.2) is 6.23 Å². The van der Waals surface area contributed by atoms with Crippen LogP contribution in [-0.4, -0.2) is 23.7 Å². The van der Waals surface area contributed by atoms with Crippen molar-refractivity contribution in [1.82, 2.24) is 0 Å². The molecular formula is C11H11NO2. The fourth-order valence-electron chi connectivity index (χ4n) is 1.83. The number of anilines is 1. The largest absolute Gasteiger partial charge is 0.370 e. The summed E-state index contributed by atoms with van der Waals surface area (Å²) in [5.41, 5.74) is 0.997. The minimum atomic E-state index is -0.568. The molecule has 3 heteroatoms. The van der Waals surface area contributed by atoms with Crippen LogP contribution in [-0.2, 0) is 4.74 Å². The highest BCUT2D eigenvalue weighted by atomic mass is 16.6. The summed E-state index contributed by atoms with van der Waals surface area (Å²) in [5.74, 6) is 0. The van der Waals surface area contributed by atoms with Gasteiger partial charge in [-0.1, -0.05) is 24.3 Å². The number of para-hydroxylation sites is 1. The summed E-state index contributed by atoms with van der Waals surface area (Å²) in [4.78, 5) is 1.88. The molecule has 1 fully saturated rings. The van der Waals surface area contributed by atoms with E-state index in [-0.39, 0.29) is 12.3 Å². The number of hydrogen-bond donors (Lipinski definition) is 1. The van der Waals surface area contributed by atoms with Gasteiger partial charge in [-0.05, 0) is 18.2 Å². The van der Waals surface area contributed by atoms with Gasteiger partial charge in [0.25, 0.3) is 0 Å². The number of hydrogen-bond acceptors (Lipinski definition) is 3. The van der Waals surface area contributed by atoms with Gasteiger partial charge < -0.3 is 14.7 Å². The summed E-state index contributed by atoms with van der Waals surface area (Å²) >= 11 is 0. The molecule has 0 bridgehead atoms. The van der Waals surface area contributed by atoms with Crippen LogP contribution in [0.25, 0.3) is 0 Å². The second kappa shape index (κ2) is 2.83. The Morgan fingerprint density at radius 2 is 1.93 bits per heavy atom. The molecule has 3 nitrogen and oxygen atoms in total. The first-order valence-electron chi connectivity index (χ1n) is 4.71. The van der Waals surface area contributed by atoms with Gasteiger partial charge in [0.1, 0.15) is 12.3 Å². The van der Waals surface area contributed by atoms with Gasteiger partial charge in [-0.3, -0.25) is 0 Å². The Bertz CT molecular complexity index is 363. The maximum atomic E-state index is 9.78. The molecule has 2 aliphatic rings. The molecule has 1 N–H and O–H groups in total. The van der Waals surface area contributed by atoms with Crippen molar-refractivity contribution in [1.29, 1.82) is 0 Å². The van der Waals surface area contributed by atoms with Crippen molar-refractivity contribution >= 4 is 5.69 Å². The van der Waals surface area contributed by atoms with Crippen LogP contribution in [0.5, 0.6) is 0 Å². The summed E-state index contributed by atoms with van der Waals surface area (Å²) in [6.07, 6.45) is 3.30. The van der Waals surface area contributed by atoms with Crippen molar-refractivity contribution in [2.45, 2.75) is 18.6 Å². The number of nitrogens with zero attached hydrogens (tertiary/aromatic N) is 1. The summed E-state index contributed by atoms with van der Waals surface area (Å²) in [7, 11) is 0. The fraction of sp³-hybridized carbons (Fsp3) is 0.273. The van der Waals surface area contributed by atoms with Crippen LogP contribution in [0.15, 0.2) is 42.5 Å². The van der Waals surface area contributed by atoms with Crippen molar-refractivity contribution in [2.75, 3.05) is 4.90 Å². The highest BCUT2D eigenvalue weighted by Gasteiger charge is 2.46. The monoisotopic (exact) mass is 189 g/mol. The predicted octanol–water partition coefficient (Wildman–Crippen LogP) is 1.11. The average Bonchev–Trinajstić information content (AvgIpc) is 2.98. The van der Waals surface area contributed by atoms with E-state index in [0.29, 0.717) is 0 Å². The van der Waals surface area contributed by atoms with E-state index in [9.17, 15) is 5.11 Å². The van der Waals surface area contributed by atoms with Crippen molar-refractivity contribution in [3.8, 4) is 0 Å². The Hall–Kier alpha value is -1.32. The smallest absolute Gasteiger partial charge is 0.163 e. The minimum Gasteiger partial charge on any atom is -0.370 e. The number of ether oxygens (including phenoxy) is 1. The van der Waals surface area contributed by atoms with E-state index < -0.39 is 6.23 Å². The second-order valence-electron chi connectivity index (χ2n) is 3.53. The molecule has 3 unspecified atom stereocenters. The quantitative estimate of drug-likeness (QED) is 0.531. The van der Waals surface area contributed by atoms with Crippen LogP contribution in [0.4, 0.5) is 5.69 Å². The molecule has 0 saturated carbocycles. The van der Waals surface area contributed by atoms with Gasteiger partial charge in [-0.2, -0.15) is 0 Å². The van der Waals surface area contributed by atoms with Crippen molar-refractivity contribution in [2.24, 2.45) is 0 Å². The van der Waals surface area contributed by atoms with E-state index in [0.717, 1.165) is 5.69 Å². The second-order valence-corrected chi connectivity index (χ2v) is 3.53. The van der Waals surface area contributed by atoms with Crippen LogP contribution in [0, 0.1) is 0 Å². The summed E-state index contributed by atoms with van der Waals surface area (Å²) in [5, 5.41) is 9.78. The molecule has 1 saturated heterocycles. The molecule has 0 aliphatic carbocycles. The average molecular weight is 189 g/mol. The van der Waals surface area contributed by atoms with E-state index in [1.54, 1.807) is 6.08 Å². The minimum absolute atomic E-state index is 0.0254. The lowest BCUT2D eigenvalue weighted by atomic mass is 10.2. The molecule has 14 heavy (non-hydrogen) atoms. The van der Waals surface area contributed by atoms with Crippen LogP contribution >= 0.6 is 0 Å². The van der Waals surface area contributed by atoms with Gasteiger partial charge in [-0.15, -0.1) is 0 Å². The molecule has 3 rings (SSSR count). The summed E-state index contributed by atoms with van der Waals surface area (Å²) < 4.78 is 5.39. The first-order valence-corrected chi connectivity index (χ1v) is 4.71. The standard InChI is InChI=1S/C11H11NO2/c13-10-7-6-9-11(14-9)12(10)8-4-2-1-3-5-8/h1-7,9-11,13H. The third-order valence-corrected chi connectivity index (χ3v) is 2.59. The lowest BCUT2D eigenvalue weighted by Crippen LogP contribution is -2.39. The predicted molar refractivity (Wildman–Crippen MR) is 52.7 cm³/mol. The summed E-state index contributed by atoms with van der Waals surface area (Å²) in [6, 6.07) is 9.82. The molecule has 0 amide bonds. The number of fused-ring (bicyclic) bond motifs is 1. The van der Waals surface area contributed by atoms with E-state index in [2.05, 4.69) is 0 Å². The molecule has 0 radical (unpaired) electrons. The zero-order valence-corrected chi connectivity index (χ0v) is 7.58. The van der Waals surface area contributed by atoms with Gasteiger partial charge in [-0.25, -0.2) is 0 Å². The summed E-state index contributed by atoms with van der Waals surface area (Å²) in [6.45, 7) is 0. The third-order valence-electron chi connectivity index (χ3n) is 2.59. The number of epoxide rings is 1. The maximum absolute atomic E-state index is 9.78. The van der Waals surface area contributed by atoms with Crippen LogP contribution < -0.4 is 4.90 Å². The first kappa shape index (κ1) is 8.03. The lowest BCUT2D eigenvalue weighted by Gasteiger charge is -2.28. The normalized spacial score (nSPS) is 34.1. The molecule has 72 valence electrons. The maximum Gasteiger partial charge on any atom is 0.163 e. The molecule has 2 aliphatic heterocycles. The van der Waals surface area contributed by atoms with E-state index >= 15 is 0 Å². The Labute approximate surface area is 82.2 Å². The van der Waals surface area contributed by atoms with Crippen LogP contribution in [0.2, 0.25) is 0 Å². The number of aliphatic hydroxyl groups excluding tert-OH is 1. The highest BCUT2D eigenvalue weighted by Crippen LogP contribution is 2.36. The van der Waals surface area contributed by atoms with Crippen molar-refractivity contribution < 1.29 is 9.84 Å². The third kappa shape index (κ3) is 1.14. The van der Waals surface area contributed by atoms with Gasteiger partial charge in [0.2, 0.25) is 0 Å². The molecule has 2 heterocycles. The Kier molecular flexibility index (Phi) is 1.63. The molecule has 0 spiro atoms. The van der Waals surface area contributed by atoms with Gasteiger partial charge in [0, 0.05) is 5.69 Å². The van der Waals surface area contributed by atoms with Crippen molar-refractivity contribution in [3.63, 3.8) is 0 Å². The van der Waals surface area contributed by atoms with Crippen LogP contribution in [0.1, 0.15) is 0 Å². The van der Waals surface area contributed by atoms with Crippen LogP contribution in [0.3, 0.4) is 0 Å². The van der Waals surface area contributed by atoms with Gasteiger partial charge in [0.05, 0.1) is 0 Å². The number of rotatable bonds is 1. The molecule has 3 atom stereocenters. The Balaban J connectivity index is 1.95. The van der Waals surface area contributed by atoms with Crippen molar-refractivity contribution in [3.05, 3.63) is 42.5 Å². The fourth-order valence-corrected chi connectivity index (χ4v) is 1.83. The Morgan fingerprint density at radius 3 is 2.71 bits per heavy atom. The molecular weight excluding hydrogens is 178 g/mol. The highest BCUT2D eigenvalue weighted by molar-refractivity contribution is 5.51. The zero-order chi connectivity index (χ0) is 9.54. The number of aliphatic hydroxyl groups is 1. The number of benzene rings is 1. The van der Waals surface area contributed by atoms with Gasteiger partial charge >= 0.3 is 0 Å². The SMILES string of the molecule is OC1C=CC2OC2N1c1ccccc1.